The lowest BCUT2D eigenvalue weighted by Gasteiger charge is -2.51. The molecule has 3 aliphatic rings. The highest BCUT2D eigenvalue weighted by molar-refractivity contribution is 5.03. The van der Waals surface area contributed by atoms with Gasteiger partial charge in [-0.15, -0.1) is 0 Å². The molecule has 3 nitrogen and oxygen atoms in total. The summed E-state index contributed by atoms with van der Waals surface area (Å²) in [6.07, 6.45) is 8.51. The summed E-state index contributed by atoms with van der Waals surface area (Å²) in [4.78, 5) is 2.79. The van der Waals surface area contributed by atoms with E-state index in [-0.39, 0.29) is 0 Å². The van der Waals surface area contributed by atoms with Crippen molar-refractivity contribution in [3.05, 3.63) is 0 Å². The largest absolute Gasteiger partial charge is 0.377 e. The predicted octanol–water partition coefficient (Wildman–Crippen LogP) is 2.80. The van der Waals surface area contributed by atoms with Crippen LogP contribution in [0.5, 0.6) is 0 Å². The van der Waals surface area contributed by atoms with Crippen LogP contribution in [0.4, 0.5) is 0 Å². The third-order valence-corrected chi connectivity index (χ3v) is 5.95. The summed E-state index contributed by atoms with van der Waals surface area (Å²) in [7, 11) is 0. The quantitative estimate of drug-likeness (QED) is 0.860. The van der Waals surface area contributed by atoms with E-state index in [1.165, 1.54) is 45.1 Å². The van der Waals surface area contributed by atoms with Crippen LogP contribution in [0.1, 0.15) is 59.3 Å². The molecule has 1 saturated carbocycles. The first-order valence-corrected chi connectivity index (χ1v) is 8.74. The topological polar surface area (TPSA) is 24.5 Å². The van der Waals surface area contributed by atoms with Crippen LogP contribution < -0.4 is 5.32 Å². The van der Waals surface area contributed by atoms with Gasteiger partial charge in [0.2, 0.25) is 0 Å². The maximum Gasteiger partial charge on any atom is 0.0728 e. The van der Waals surface area contributed by atoms with Gasteiger partial charge >= 0.3 is 0 Å². The molecule has 3 atom stereocenters. The Morgan fingerprint density at radius 3 is 2.50 bits per heavy atom. The van der Waals surface area contributed by atoms with Gasteiger partial charge < -0.3 is 10.1 Å². The summed E-state index contributed by atoms with van der Waals surface area (Å²) in [5, 5.41) is 3.92. The molecule has 0 aromatic rings. The van der Waals surface area contributed by atoms with Crippen molar-refractivity contribution in [2.45, 2.75) is 83.0 Å². The average molecular weight is 280 g/mol. The van der Waals surface area contributed by atoms with Crippen molar-refractivity contribution in [2.75, 3.05) is 19.7 Å². The van der Waals surface area contributed by atoms with E-state index < -0.39 is 0 Å². The Bertz CT molecular complexity index is 319. The van der Waals surface area contributed by atoms with Gasteiger partial charge in [0.05, 0.1) is 6.10 Å². The standard InChI is InChI=1S/C17H32N2O/c1-13(2)15-11-18-17(8-4-5-9-17)12-19(15)14(3)16-7-6-10-20-16/h13-16,18H,4-12H2,1-3H3. The number of nitrogens with zero attached hydrogens (tertiary/aromatic N) is 1. The van der Waals surface area contributed by atoms with Crippen molar-refractivity contribution < 1.29 is 4.74 Å². The highest BCUT2D eigenvalue weighted by Gasteiger charge is 2.44. The van der Waals surface area contributed by atoms with Gasteiger partial charge in [-0.25, -0.2) is 0 Å². The minimum atomic E-state index is 0.415. The van der Waals surface area contributed by atoms with E-state index in [0.717, 1.165) is 13.2 Å². The Balaban J connectivity index is 1.74. The van der Waals surface area contributed by atoms with Crippen LogP contribution in [-0.4, -0.2) is 48.3 Å². The molecule has 1 spiro atoms. The van der Waals surface area contributed by atoms with Crippen molar-refractivity contribution in [3.8, 4) is 0 Å². The molecule has 2 heterocycles. The third kappa shape index (κ3) is 2.77. The van der Waals surface area contributed by atoms with Crippen molar-refractivity contribution in [1.29, 1.82) is 0 Å². The molecule has 0 aromatic heterocycles. The summed E-state index contributed by atoms with van der Waals surface area (Å²) < 4.78 is 5.99. The zero-order valence-corrected chi connectivity index (χ0v) is 13.5. The summed E-state index contributed by atoms with van der Waals surface area (Å²) >= 11 is 0. The lowest BCUT2D eigenvalue weighted by atomic mass is 9.87. The first-order chi connectivity index (χ1) is 9.61. The smallest absolute Gasteiger partial charge is 0.0728 e. The van der Waals surface area contributed by atoms with Crippen LogP contribution in [0.25, 0.3) is 0 Å². The van der Waals surface area contributed by atoms with E-state index in [1.807, 2.05) is 0 Å². The number of nitrogens with one attached hydrogen (secondary N) is 1. The molecule has 0 amide bonds. The Hall–Kier alpha value is -0.120. The zero-order chi connectivity index (χ0) is 14.2. The molecule has 20 heavy (non-hydrogen) atoms. The monoisotopic (exact) mass is 280 g/mol. The highest BCUT2D eigenvalue weighted by Crippen LogP contribution is 2.36. The fraction of sp³-hybridized carbons (Fsp3) is 1.00. The molecule has 116 valence electrons. The lowest BCUT2D eigenvalue weighted by molar-refractivity contribution is -0.0318. The van der Waals surface area contributed by atoms with Gasteiger partial charge in [0.15, 0.2) is 0 Å². The zero-order valence-electron chi connectivity index (χ0n) is 13.5. The lowest BCUT2D eigenvalue weighted by Crippen LogP contribution is -2.67. The number of hydrogen-bond acceptors (Lipinski definition) is 3. The molecule has 3 heteroatoms. The second-order valence-electron chi connectivity index (χ2n) is 7.64. The van der Waals surface area contributed by atoms with Gasteiger partial charge in [-0.2, -0.15) is 0 Å². The van der Waals surface area contributed by atoms with Crippen molar-refractivity contribution in [1.82, 2.24) is 10.2 Å². The van der Waals surface area contributed by atoms with Gasteiger partial charge in [0, 0.05) is 37.3 Å². The Morgan fingerprint density at radius 1 is 1.15 bits per heavy atom. The Morgan fingerprint density at radius 2 is 1.90 bits per heavy atom. The highest BCUT2D eigenvalue weighted by atomic mass is 16.5. The fourth-order valence-corrected chi connectivity index (χ4v) is 4.61. The average Bonchev–Trinajstić information content (AvgIpc) is 3.09. The normalized spacial score (nSPS) is 36.0. The molecule has 0 radical (unpaired) electrons. The predicted molar refractivity (Wildman–Crippen MR) is 83.0 cm³/mol. The van der Waals surface area contributed by atoms with Crippen LogP contribution in [0.2, 0.25) is 0 Å². The van der Waals surface area contributed by atoms with Crippen molar-refractivity contribution in [3.63, 3.8) is 0 Å². The van der Waals surface area contributed by atoms with Crippen LogP contribution in [0.15, 0.2) is 0 Å². The van der Waals surface area contributed by atoms with Crippen molar-refractivity contribution in [2.24, 2.45) is 5.92 Å². The maximum atomic E-state index is 5.99. The molecule has 3 fully saturated rings. The SMILES string of the molecule is CC(C)C1CNC2(CCCC2)CN1C(C)C1CCCO1. The number of hydrogen-bond donors (Lipinski definition) is 1. The summed E-state index contributed by atoms with van der Waals surface area (Å²) in [5.41, 5.74) is 0.415. The van der Waals surface area contributed by atoms with Gasteiger partial charge in [-0.3, -0.25) is 4.90 Å². The first-order valence-electron chi connectivity index (χ1n) is 8.74. The van der Waals surface area contributed by atoms with Crippen molar-refractivity contribution >= 4 is 0 Å². The number of rotatable bonds is 3. The van der Waals surface area contributed by atoms with Crippen LogP contribution in [0, 0.1) is 5.92 Å². The molecular formula is C17H32N2O. The molecule has 3 rings (SSSR count). The molecule has 1 aliphatic carbocycles. The third-order valence-electron chi connectivity index (χ3n) is 5.95. The van der Waals surface area contributed by atoms with Gasteiger partial charge in [0.1, 0.15) is 0 Å². The molecule has 1 N–H and O–H groups in total. The summed E-state index contributed by atoms with van der Waals surface area (Å²) in [5.74, 6) is 0.713. The number of ether oxygens (including phenoxy) is 1. The minimum absolute atomic E-state index is 0.415. The Kier molecular flexibility index (Phi) is 4.40. The summed E-state index contributed by atoms with van der Waals surface area (Å²) in [6, 6.07) is 1.24. The minimum Gasteiger partial charge on any atom is -0.377 e. The van der Waals surface area contributed by atoms with E-state index in [0.29, 0.717) is 29.6 Å². The second kappa shape index (κ2) is 5.94. The summed E-state index contributed by atoms with van der Waals surface area (Å²) in [6.45, 7) is 10.5. The molecule has 0 bridgehead atoms. The Labute approximate surface area is 124 Å². The van der Waals surface area contributed by atoms with E-state index in [4.69, 9.17) is 4.74 Å². The van der Waals surface area contributed by atoms with Gasteiger partial charge in [-0.1, -0.05) is 26.7 Å². The van der Waals surface area contributed by atoms with Crippen LogP contribution in [-0.2, 0) is 4.74 Å². The van der Waals surface area contributed by atoms with E-state index in [2.05, 4.69) is 31.0 Å². The second-order valence-corrected chi connectivity index (χ2v) is 7.64. The van der Waals surface area contributed by atoms with Gasteiger partial charge in [0.25, 0.3) is 0 Å². The molecule has 3 unspecified atom stereocenters. The molecular weight excluding hydrogens is 248 g/mol. The fourth-order valence-electron chi connectivity index (χ4n) is 4.61. The molecule has 2 saturated heterocycles. The van der Waals surface area contributed by atoms with E-state index >= 15 is 0 Å². The van der Waals surface area contributed by atoms with E-state index in [1.54, 1.807) is 0 Å². The van der Waals surface area contributed by atoms with Crippen LogP contribution in [0.3, 0.4) is 0 Å². The van der Waals surface area contributed by atoms with Gasteiger partial charge in [-0.05, 0) is 38.5 Å². The molecule has 2 aliphatic heterocycles. The number of piperazine rings is 1. The maximum absolute atomic E-state index is 5.99. The molecule has 0 aromatic carbocycles. The van der Waals surface area contributed by atoms with Crippen LogP contribution >= 0.6 is 0 Å². The first kappa shape index (κ1) is 14.8. The van der Waals surface area contributed by atoms with E-state index in [9.17, 15) is 0 Å².